The number of hydrogen-bond donors (Lipinski definition) is 1. The second kappa shape index (κ2) is 10.8. The van der Waals surface area contributed by atoms with Crippen molar-refractivity contribution < 1.29 is 24.2 Å². The van der Waals surface area contributed by atoms with E-state index in [0.717, 1.165) is 24.8 Å². The van der Waals surface area contributed by atoms with E-state index in [0.29, 0.717) is 24.2 Å². The highest BCUT2D eigenvalue weighted by atomic mass is 16.6. The molecule has 1 saturated carbocycles. The summed E-state index contributed by atoms with van der Waals surface area (Å²) in [5.74, 6) is -0.00291. The predicted molar refractivity (Wildman–Crippen MR) is 106 cm³/mol. The summed E-state index contributed by atoms with van der Waals surface area (Å²) in [4.78, 5) is 24.9. The number of ether oxygens (including phenoxy) is 2. The molecular formula is C22H38O5. The smallest absolute Gasteiger partial charge is 0.338 e. The summed E-state index contributed by atoms with van der Waals surface area (Å²) in [6, 6.07) is 0. The van der Waals surface area contributed by atoms with Gasteiger partial charge in [-0.15, -0.1) is 0 Å². The maximum Gasteiger partial charge on any atom is 0.338 e. The fourth-order valence-electron chi connectivity index (χ4n) is 3.83. The molecule has 0 aromatic carbocycles. The number of carbonyl (C=O) groups is 2. The van der Waals surface area contributed by atoms with Crippen molar-refractivity contribution >= 4 is 11.9 Å². The Bertz CT molecular complexity index is 521. The van der Waals surface area contributed by atoms with Crippen LogP contribution < -0.4 is 0 Å². The topological polar surface area (TPSA) is 72.8 Å². The number of aliphatic hydroxyl groups is 1. The fourth-order valence-corrected chi connectivity index (χ4v) is 3.83. The Labute approximate surface area is 164 Å². The lowest BCUT2D eigenvalue weighted by Crippen LogP contribution is -2.44. The Morgan fingerprint density at radius 2 is 1.93 bits per heavy atom. The lowest BCUT2D eigenvalue weighted by molar-refractivity contribution is -0.177. The Morgan fingerprint density at radius 1 is 1.26 bits per heavy atom. The third-order valence-electron chi connectivity index (χ3n) is 5.45. The van der Waals surface area contributed by atoms with E-state index >= 15 is 0 Å². The molecule has 0 heterocycles. The Balaban J connectivity index is 2.81. The van der Waals surface area contributed by atoms with Gasteiger partial charge >= 0.3 is 11.9 Å². The first-order valence-corrected chi connectivity index (χ1v) is 10.3. The highest BCUT2D eigenvalue weighted by Crippen LogP contribution is 2.36. The van der Waals surface area contributed by atoms with Crippen molar-refractivity contribution in [3.05, 3.63) is 11.6 Å². The highest BCUT2D eigenvalue weighted by molar-refractivity contribution is 5.85. The van der Waals surface area contributed by atoms with Crippen LogP contribution in [0.1, 0.15) is 80.1 Å². The molecule has 5 heteroatoms. The van der Waals surface area contributed by atoms with E-state index in [-0.39, 0.29) is 25.6 Å². The number of hydrogen-bond acceptors (Lipinski definition) is 5. The van der Waals surface area contributed by atoms with Gasteiger partial charge in [0.2, 0.25) is 0 Å². The number of esters is 2. The molecule has 4 atom stereocenters. The van der Waals surface area contributed by atoms with Gasteiger partial charge in [-0.05, 0) is 64.2 Å². The lowest BCUT2D eigenvalue weighted by atomic mass is 9.75. The van der Waals surface area contributed by atoms with Crippen molar-refractivity contribution in [3.8, 4) is 0 Å². The molecule has 0 aromatic heterocycles. The third-order valence-corrected chi connectivity index (χ3v) is 5.45. The summed E-state index contributed by atoms with van der Waals surface area (Å²) in [6.45, 7) is 12.2. The summed E-state index contributed by atoms with van der Waals surface area (Å²) >= 11 is 0. The average molecular weight is 383 g/mol. The van der Waals surface area contributed by atoms with Crippen molar-refractivity contribution in [2.45, 2.75) is 91.8 Å². The molecule has 0 aromatic rings. The van der Waals surface area contributed by atoms with Gasteiger partial charge in [-0.3, -0.25) is 4.79 Å². The highest BCUT2D eigenvalue weighted by Gasteiger charge is 2.41. The zero-order valence-corrected chi connectivity index (χ0v) is 17.9. The fraction of sp³-hybridized carbons (Fsp3) is 0.818. The first kappa shape index (κ1) is 23.7. The van der Waals surface area contributed by atoms with Crippen LogP contribution in [-0.2, 0) is 19.1 Å². The standard InChI is InChI=1S/C22H38O5/c1-7-26-21(24)22(25,12-8-9-15(2)3)14-20(23)27-19-13-17(6)10-11-18(19)16(4)5/h9,16-19,25H,7-8,10-14H2,1-6H3/t17-,18+,19-,22?/m0/s1. The molecule has 1 unspecified atom stereocenters. The van der Waals surface area contributed by atoms with Crippen molar-refractivity contribution in [2.24, 2.45) is 17.8 Å². The van der Waals surface area contributed by atoms with Crippen LogP contribution >= 0.6 is 0 Å². The first-order valence-electron chi connectivity index (χ1n) is 10.3. The molecule has 0 radical (unpaired) electrons. The van der Waals surface area contributed by atoms with E-state index in [1.54, 1.807) is 6.92 Å². The maximum atomic E-state index is 12.6. The van der Waals surface area contributed by atoms with Gasteiger partial charge in [0.25, 0.3) is 0 Å². The minimum atomic E-state index is -1.84. The van der Waals surface area contributed by atoms with Crippen LogP contribution in [0.15, 0.2) is 11.6 Å². The Hall–Kier alpha value is -1.36. The monoisotopic (exact) mass is 382 g/mol. The van der Waals surface area contributed by atoms with Crippen LogP contribution in [0.3, 0.4) is 0 Å². The molecule has 1 N–H and O–H groups in total. The van der Waals surface area contributed by atoms with E-state index in [1.807, 2.05) is 19.9 Å². The van der Waals surface area contributed by atoms with Gasteiger partial charge in [0.15, 0.2) is 5.60 Å². The molecule has 0 amide bonds. The molecule has 0 aliphatic heterocycles. The predicted octanol–water partition coefficient (Wildman–Crippen LogP) is 4.42. The van der Waals surface area contributed by atoms with Gasteiger partial charge in [-0.25, -0.2) is 4.79 Å². The molecule has 1 rings (SSSR count). The third kappa shape index (κ3) is 7.65. The summed E-state index contributed by atoms with van der Waals surface area (Å²) in [5.41, 5.74) is -0.744. The average Bonchev–Trinajstić information content (AvgIpc) is 2.54. The van der Waals surface area contributed by atoms with E-state index in [4.69, 9.17) is 9.47 Å². The molecule has 0 saturated heterocycles. The first-order chi connectivity index (χ1) is 12.6. The molecule has 1 fully saturated rings. The summed E-state index contributed by atoms with van der Waals surface area (Å²) in [7, 11) is 0. The number of allylic oxidation sites excluding steroid dienone is 2. The van der Waals surface area contributed by atoms with E-state index in [2.05, 4.69) is 20.8 Å². The summed E-state index contributed by atoms with van der Waals surface area (Å²) < 4.78 is 10.8. The summed E-state index contributed by atoms with van der Waals surface area (Å²) in [6.07, 6.45) is 5.09. The number of rotatable bonds is 9. The van der Waals surface area contributed by atoms with Crippen molar-refractivity contribution in [1.82, 2.24) is 0 Å². The van der Waals surface area contributed by atoms with Crippen LogP contribution in [0.25, 0.3) is 0 Å². The molecule has 0 spiro atoms. The van der Waals surface area contributed by atoms with Crippen molar-refractivity contribution in [2.75, 3.05) is 6.61 Å². The van der Waals surface area contributed by atoms with Crippen LogP contribution in [0.2, 0.25) is 0 Å². The zero-order chi connectivity index (χ0) is 20.6. The normalized spacial score (nSPS) is 24.8. The van der Waals surface area contributed by atoms with Crippen LogP contribution in [0, 0.1) is 17.8 Å². The van der Waals surface area contributed by atoms with Gasteiger partial charge < -0.3 is 14.6 Å². The second-order valence-electron chi connectivity index (χ2n) is 8.60. The zero-order valence-electron chi connectivity index (χ0n) is 17.9. The minimum Gasteiger partial charge on any atom is -0.464 e. The van der Waals surface area contributed by atoms with Crippen molar-refractivity contribution in [1.29, 1.82) is 0 Å². The van der Waals surface area contributed by atoms with E-state index in [9.17, 15) is 14.7 Å². The maximum absolute atomic E-state index is 12.6. The molecule has 1 aliphatic carbocycles. The van der Waals surface area contributed by atoms with Gasteiger partial charge in [-0.2, -0.15) is 0 Å². The molecular weight excluding hydrogens is 344 g/mol. The van der Waals surface area contributed by atoms with Gasteiger partial charge in [0.1, 0.15) is 6.10 Å². The number of carbonyl (C=O) groups excluding carboxylic acids is 2. The van der Waals surface area contributed by atoms with Crippen LogP contribution in [0.4, 0.5) is 0 Å². The molecule has 1 aliphatic rings. The largest absolute Gasteiger partial charge is 0.464 e. The van der Waals surface area contributed by atoms with Crippen molar-refractivity contribution in [3.63, 3.8) is 0 Å². The van der Waals surface area contributed by atoms with Gasteiger partial charge in [-0.1, -0.05) is 38.8 Å². The SMILES string of the molecule is CCOC(=O)C(O)(CCC=C(C)C)CC(=O)O[C@H]1C[C@@H](C)CC[C@@H]1C(C)C. The Morgan fingerprint density at radius 3 is 2.48 bits per heavy atom. The minimum absolute atomic E-state index is 0.140. The Kier molecular flexibility index (Phi) is 9.51. The van der Waals surface area contributed by atoms with E-state index < -0.39 is 17.5 Å². The lowest BCUT2D eigenvalue weighted by Gasteiger charge is -2.37. The molecule has 5 nitrogen and oxygen atoms in total. The molecule has 0 bridgehead atoms. The van der Waals surface area contributed by atoms with E-state index in [1.165, 1.54) is 0 Å². The molecule has 27 heavy (non-hydrogen) atoms. The van der Waals surface area contributed by atoms with Gasteiger partial charge in [0, 0.05) is 0 Å². The van der Waals surface area contributed by atoms with Crippen LogP contribution in [-0.4, -0.2) is 35.4 Å². The summed E-state index contributed by atoms with van der Waals surface area (Å²) in [5, 5.41) is 10.8. The second-order valence-corrected chi connectivity index (χ2v) is 8.60. The van der Waals surface area contributed by atoms with Gasteiger partial charge in [0.05, 0.1) is 13.0 Å². The molecule has 156 valence electrons. The quantitative estimate of drug-likeness (QED) is 0.472. The van der Waals surface area contributed by atoms with Crippen LogP contribution in [0.5, 0.6) is 0 Å².